The fourth-order valence-electron chi connectivity index (χ4n) is 2.79. The zero-order chi connectivity index (χ0) is 21.2. The average molecular weight is 396 g/mol. The van der Waals surface area contributed by atoms with Gasteiger partial charge in [-0.1, -0.05) is 30.3 Å². The lowest BCUT2D eigenvalue weighted by Crippen LogP contribution is -2.41. The molecule has 0 aromatic heterocycles. The zero-order valence-electron chi connectivity index (χ0n) is 16.9. The summed E-state index contributed by atoms with van der Waals surface area (Å²) in [7, 11) is 1.73. The molecular formula is C22H28N4O3. The van der Waals surface area contributed by atoms with Gasteiger partial charge in [-0.2, -0.15) is 0 Å². The quantitative estimate of drug-likeness (QED) is 0.671. The summed E-state index contributed by atoms with van der Waals surface area (Å²) in [5.74, 6) is -0.334. The molecule has 0 bridgehead atoms. The van der Waals surface area contributed by atoms with Crippen LogP contribution in [0.4, 0.5) is 0 Å². The van der Waals surface area contributed by atoms with Gasteiger partial charge in [0.2, 0.25) is 5.91 Å². The second-order valence-electron chi connectivity index (χ2n) is 6.77. The van der Waals surface area contributed by atoms with Crippen LogP contribution >= 0.6 is 0 Å². The summed E-state index contributed by atoms with van der Waals surface area (Å²) in [6.07, 6.45) is 0. The van der Waals surface area contributed by atoms with Gasteiger partial charge in [0.05, 0.1) is 0 Å². The molecule has 0 heterocycles. The topological polar surface area (TPSA) is 95.7 Å². The van der Waals surface area contributed by atoms with E-state index in [4.69, 9.17) is 5.73 Å². The maximum Gasteiger partial charge on any atom is 0.253 e. The Labute approximate surface area is 171 Å². The van der Waals surface area contributed by atoms with Crippen molar-refractivity contribution < 1.29 is 14.4 Å². The van der Waals surface area contributed by atoms with Gasteiger partial charge < -0.3 is 20.9 Å². The standard InChI is InChI=1S/C22H28N4O3/c1-17(27)25(2)16-18-8-10-19(11-9-18)21(28)24-13-15-26(14-12-23)22(29)20-6-4-3-5-7-20/h3-11H,12-16,23H2,1-2H3,(H,24,28). The van der Waals surface area contributed by atoms with E-state index in [1.54, 1.807) is 41.1 Å². The highest BCUT2D eigenvalue weighted by Gasteiger charge is 2.15. The minimum atomic E-state index is -0.212. The second kappa shape index (κ2) is 11.0. The SMILES string of the molecule is CC(=O)N(C)Cc1ccc(C(=O)NCCN(CCN)C(=O)c2ccccc2)cc1. The van der Waals surface area contributed by atoms with Gasteiger partial charge in [0, 0.05) is 57.8 Å². The minimum Gasteiger partial charge on any atom is -0.350 e. The summed E-state index contributed by atoms with van der Waals surface area (Å²) in [5, 5.41) is 2.83. The summed E-state index contributed by atoms with van der Waals surface area (Å²) in [6.45, 7) is 3.47. The zero-order valence-corrected chi connectivity index (χ0v) is 16.9. The summed E-state index contributed by atoms with van der Waals surface area (Å²) in [6, 6.07) is 16.1. The van der Waals surface area contributed by atoms with Crippen LogP contribution in [0.15, 0.2) is 54.6 Å². The molecule has 7 nitrogen and oxygen atoms in total. The number of benzene rings is 2. The van der Waals surface area contributed by atoms with Gasteiger partial charge in [0.1, 0.15) is 0 Å². The van der Waals surface area contributed by atoms with E-state index in [1.807, 2.05) is 30.3 Å². The van der Waals surface area contributed by atoms with Gasteiger partial charge in [-0.05, 0) is 29.8 Å². The molecule has 7 heteroatoms. The lowest BCUT2D eigenvalue weighted by molar-refractivity contribution is -0.128. The molecule has 0 radical (unpaired) electrons. The molecule has 3 amide bonds. The molecule has 154 valence electrons. The highest BCUT2D eigenvalue weighted by atomic mass is 16.2. The van der Waals surface area contributed by atoms with E-state index in [-0.39, 0.29) is 17.7 Å². The molecule has 0 aliphatic heterocycles. The van der Waals surface area contributed by atoms with E-state index in [1.165, 1.54) is 6.92 Å². The highest BCUT2D eigenvalue weighted by molar-refractivity contribution is 5.95. The number of nitrogens with two attached hydrogens (primary N) is 1. The van der Waals surface area contributed by atoms with E-state index < -0.39 is 0 Å². The minimum absolute atomic E-state index is 0.0149. The van der Waals surface area contributed by atoms with Crippen molar-refractivity contribution in [2.24, 2.45) is 5.73 Å². The molecule has 29 heavy (non-hydrogen) atoms. The van der Waals surface area contributed by atoms with Crippen LogP contribution in [0.3, 0.4) is 0 Å². The summed E-state index contributed by atoms with van der Waals surface area (Å²) >= 11 is 0. The lowest BCUT2D eigenvalue weighted by Gasteiger charge is -2.22. The number of rotatable bonds is 9. The Morgan fingerprint density at radius 3 is 2.17 bits per heavy atom. The molecule has 2 aromatic rings. The normalized spacial score (nSPS) is 10.3. The van der Waals surface area contributed by atoms with Gasteiger partial charge in [-0.15, -0.1) is 0 Å². The predicted molar refractivity (Wildman–Crippen MR) is 112 cm³/mol. The molecule has 0 aliphatic carbocycles. The van der Waals surface area contributed by atoms with Crippen molar-refractivity contribution in [1.29, 1.82) is 0 Å². The molecule has 0 saturated carbocycles. The van der Waals surface area contributed by atoms with Crippen LogP contribution in [-0.4, -0.2) is 60.7 Å². The number of nitrogens with zero attached hydrogens (tertiary/aromatic N) is 2. The molecule has 0 saturated heterocycles. The maximum absolute atomic E-state index is 12.6. The Kier molecular flexibility index (Phi) is 8.36. The van der Waals surface area contributed by atoms with Gasteiger partial charge >= 0.3 is 0 Å². The molecule has 0 fully saturated rings. The van der Waals surface area contributed by atoms with Crippen molar-refractivity contribution in [2.75, 3.05) is 33.2 Å². The summed E-state index contributed by atoms with van der Waals surface area (Å²) in [5.41, 5.74) is 7.70. The van der Waals surface area contributed by atoms with Crippen molar-refractivity contribution in [1.82, 2.24) is 15.1 Å². The van der Waals surface area contributed by atoms with Crippen LogP contribution in [-0.2, 0) is 11.3 Å². The van der Waals surface area contributed by atoms with Crippen LogP contribution in [0.25, 0.3) is 0 Å². The Bertz CT molecular complexity index is 822. The summed E-state index contributed by atoms with van der Waals surface area (Å²) in [4.78, 5) is 39.5. The third kappa shape index (κ3) is 6.73. The van der Waals surface area contributed by atoms with Gasteiger partial charge in [-0.3, -0.25) is 14.4 Å². The van der Waals surface area contributed by atoms with Crippen molar-refractivity contribution in [2.45, 2.75) is 13.5 Å². The third-order valence-electron chi connectivity index (χ3n) is 4.55. The Balaban J connectivity index is 1.88. The van der Waals surface area contributed by atoms with E-state index in [0.717, 1.165) is 5.56 Å². The first kappa shape index (κ1) is 22.1. The molecule has 0 aliphatic rings. The molecule has 2 aromatic carbocycles. The number of amides is 3. The van der Waals surface area contributed by atoms with Crippen LogP contribution in [0.1, 0.15) is 33.2 Å². The Hall–Kier alpha value is -3.19. The van der Waals surface area contributed by atoms with Crippen LogP contribution < -0.4 is 11.1 Å². The molecule has 0 unspecified atom stereocenters. The number of hydrogen-bond donors (Lipinski definition) is 2. The molecule has 3 N–H and O–H groups in total. The van der Waals surface area contributed by atoms with Crippen molar-refractivity contribution in [3.8, 4) is 0 Å². The van der Waals surface area contributed by atoms with Gasteiger partial charge in [-0.25, -0.2) is 0 Å². The fourth-order valence-corrected chi connectivity index (χ4v) is 2.79. The van der Waals surface area contributed by atoms with Gasteiger partial charge in [0.15, 0.2) is 0 Å². The van der Waals surface area contributed by atoms with Gasteiger partial charge in [0.25, 0.3) is 11.8 Å². The first-order chi connectivity index (χ1) is 13.9. The molecular weight excluding hydrogens is 368 g/mol. The van der Waals surface area contributed by atoms with E-state index in [9.17, 15) is 14.4 Å². The first-order valence-electron chi connectivity index (χ1n) is 9.55. The number of nitrogens with one attached hydrogen (secondary N) is 1. The van der Waals surface area contributed by atoms with Crippen LogP contribution in [0.2, 0.25) is 0 Å². The maximum atomic E-state index is 12.6. The lowest BCUT2D eigenvalue weighted by atomic mass is 10.1. The third-order valence-corrected chi connectivity index (χ3v) is 4.55. The van der Waals surface area contributed by atoms with E-state index >= 15 is 0 Å². The average Bonchev–Trinajstić information content (AvgIpc) is 2.73. The largest absolute Gasteiger partial charge is 0.350 e. The van der Waals surface area contributed by atoms with Crippen LogP contribution in [0.5, 0.6) is 0 Å². The van der Waals surface area contributed by atoms with Crippen molar-refractivity contribution in [3.05, 3.63) is 71.3 Å². The second-order valence-corrected chi connectivity index (χ2v) is 6.77. The number of hydrogen-bond acceptors (Lipinski definition) is 4. The van der Waals surface area contributed by atoms with E-state index in [0.29, 0.717) is 43.9 Å². The van der Waals surface area contributed by atoms with E-state index in [2.05, 4.69) is 5.32 Å². The predicted octanol–water partition coefficient (Wildman–Crippen LogP) is 1.50. The van der Waals surface area contributed by atoms with Crippen LogP contribution in [0, 0.1) is 0 Å². The molecule has 0 atom stereocenters. The number of carbonyl (C=O) groups excluding carboxylic acids is 3. The highest BCUT2D eigenvalue weighted by Crippen LogP contribution is 2.08. The fraction of sp³-hybridized carbons (Fsp3) is 0.318. The van der Waals surface area contributed by atoms with Crippen molar-refractivity contribution >= 4 is 17.7 Å². The number of carbonyl (C=O) groups is 3. The van der Waals surface area contributed by atoms with Crippen molar-refractivity contribution in [3.63, 3.8) is 0 Å². The molecule has 2 rings (SSSR count). The monoisotopic (exact) mass is 396 g/mol. The Morgan fingerprint density at radius 2 is 1.59 bits per heavy atom. The Morgan fingerprint density at radius 1 is 0.931 bits per heavy atom. The smallest absolute Gasteiger partial charge is 0.253 e. The molecule has 0 spiro atoms. The summed E-state index contributed by atoms with van der Waals surface area (Å²) < 4.78 is 0. The first-order valence-corrected chi connectivity index (χ1v) is 9.55.